The Morgan fingerprint density at radius 2 is 1.92 bits per heavy atom. The number of benzene rings is 1. The van der Waals surface area contributed by atoms with Crippen molar-refractivity contribution in [1.29, 1.82) is 0 Å². The van der Waals surface area contributed by atoms with Crippen molar-refractivity contribution in [3.05, 3.63) is 23.8 Å². The lowest BCUT2D eigenvalue weighted by Gasteiger charge is -2.23. The Kier molecular flexibility index (Phi) is 5.08. The van der Waals surface area contributed by atoms with Gasteiger partial charge >= 0.3 is 0 Å². The highest BCUT2D eigenvalue weighted by Crippen LogP contribution is 2.32. The zero-order valence-electron chi connectivity index (χ0n) is 13.7. The van der Waals surface area contributed by atoms with Gasteiger partial charge in [0.2, 0.25) is 11.8 Å². The summed E-state index contributed by atoms with van der Waals surface area (Å²) >= 11 is 1.48. The van der Waals surface area contributed by atoms with E-state index in [4.69, 9.17) is 0 Å². The average molecular weight is 347 g/mol. The molecular formula is C17H21N3O3S. The number of thioether (sulfide) groups is 1. The van der Waals surface area contributed by atoms with Crippen molar-refractivity contribution in [1.82, 2.24) is 9.80 Å². The molecule has 2 heterocycles. The van der Waals surface area contributed by atoms with Gasteiger partial charge in [0, 0.05) is 43.1 Å². The minimum absolute atomic E-state index is 0.0411. The van der Waals surface area contributed by atoms with Crippen molar-refractivity contribution in [2.75, 3.05) is 37.2 Å². The topological polar surface area (TPSA) is 69.7 Å². The Labute approximate surface area is 145 Å². The first-order valence-corrected chi connectivity index (χ1v) is 9.21. The second kappa shape index (κ2) is 7.25. The summed E-state index contributed by atoms with van der Waals surface area (Å²) in [4.78, 5) is 40.7. The third-order valence-electron chi connectivity index (χ3n) is 4.30. The van der Waals surface area contributed by atoms with Crippen LogP contribution in [0.25, 0.3) is 0 Å². The lowest BCUT2D eigenvalue weighted by molar-refractivity contribution is -0.130. The van der Waals surface area contributed by atoms with E-state index in [1.165, 1.54) is 11.8 Å². The van der Waals surface area contributed by atoms with Crippen LogP contribution in [0.1, 0.15) is 30.1 Å². The number of nitrogens with zero attached hydrogens (tertiary/aromatic N) is 2. The number of rotatable bonds is 2. The van der Waals surface area contributed by atoms with Gasteiger partial charge in [0.1, 0.15) is 0 Å². The Hall–Kier alpha value is -2.02. The third-order valence-corrected chi connectivity index (χ3v) is 5.37. The Morgan fingerprint density at radius 3 is 2.71 bits per heavy atom. The van der Waals surface area contributed by atoms with Crippen molar-refractivity contribution in [2.45, 2.75) is 24.7 Å². The van der Waals surface area contributed by atoms with E-state index in [2.05, 4.69) is 5.32 Å². The fraction of sp³-hybridized carbons (Fsp3) is 0.471. The molecule has 1 saturated heterocycles. The highest BCUT2D eigenvalue weighted by atomic mass is 32.2. The molecule has 1 aromatic rings. The van der Waals surface area contributed by atoms with Gasteiger partial charge in [-0.15, -0.1) is 11.8 Å². The molecule has 3 amide bonds. The average Bonchev–Trinajstić information content (AvgIpc) is 2.86. The zero-order valence-corrected chi connectivity index (χ0v) is 14.5. The number of hydrogen-bond donors (Lipinski definition) is 1. The Balaban J connectivity index is 1.71. The van der Waals surface area contributed by atoms with Gasteiger partial charge in [0.15, 0.2) is 0 Å². The number of fused-ring (bicyclic) bond motifs is 1. The minimum atomic E-state index is -0.0478. The fourth-order valence-corrected chi connectivity index (χ4v) is 3.78. The number of hydrogen-bond acceptors (Lipinski definition) is 4. The fourth-order valence-electron chi connectivity index (χ4n) is 2.99. The molecule has 0 atom stereocenters. The van der Waals surface area contributed by atoms with Crippen LogP contribution < -0.4 is 5.32 Å². The van der Waals surface area contributed by atoms with Gasteiger partial charge < -0.3 is 15.1 Å². The minimum Gasteiger partial charge on any atom is -0.341 e. The SMILES string of the molecule is CCC(=O)N1CCCN(C(=O)c2ccc3c(c2)NC(=O)CS3)CC1. The predicted octanol–water partition coefficient (Wildman–Crippen LogP) is 1.82. The van der Waals surface area contributed by atoms with E-state index >= 15 is 0 Å². The highest BCUT2D eigenvalue weighted by Gasteiger charge is 2.23. The summed E-state index contributed by atoms with van der Waals surface area (Å²) in [7, 11) is 0. The summed E-state index contributed by atoms with van der Waals surface area (Å²) in [6.45, 7) is 4.33. The van der Waals surface area contributed by atoms with Gasteiger partial charge in [-0.25, -0.2) is 0 Å². The summed E-state index contributed by atoms with van der Waals surface area (Å²) in [6.07, 6.45) is 1.28. The second-order valence-electron chi connectivity index (χ2n) is 5.93. The number of anilines is 1. The van der Waals surface area contributed by atoms with Crippen molar-refractivity contribution >= 4 is 35.2 Å². The predicted molar refractivity (Wildman–Crippen MR) is 93.2 cm³/mol. The van der Waals surface area contributed by atoms with Crippen LogP contribution in [0.3, 0.4) is 0 Å². The molecule has 1 fully saturated rings. The Bertz CT molecular complexity index is 677. The van der Waals surface area contributed by atoms with Gasteiger partial charge in [-0.05, 0) is 24.6 Å². The van der Waals surface area contributed by atoms with E-state index in [1.54, 1.807) is 11.0 Å². The summed E-state index contributed by atoms with van der Waals surface area (Å²) in [5.41, 5.74) is 1.28. The first-order valence-electron chi connectivity index (χ1n) is 8.22. The van der Waals surface area contributed by atoms with Gasteiger partial charge in [0.05, 0.1) is 11.4 Å². The smallest absolute Gasteiger partial charge is 0.253 e. The first kappa shape index (κ1) is 16.8. The monoisotopic (exact) mass is 347 g/mol. The highest BCUT2D eigenvalue weighted by molar-refractivity contribution is 8.00. The maximum atomic E-state index is 12.8. The van der Waals surface area contributed by atoms with Crippen LogP contribution in [-0.4, -0.2) is 59.5 Å². The van der Waals surface area contributed by atoms with E-state index in [1.807, 2.05) is 24.0 Å². The number of nitrogens with one attached hydrogen (secondary N) is 1. The molecule has 0 unspecified atom stereocenters. The molecule has 0 bridgehead atoms. The van der Waals surface area contributed by atoms with Crippen molar-refractivity contribution in [2.24, 2.45) is 0 Å². The molecule has 1 aromatic carbocycles. The van der Waals surface area contributed by atoms with Gasteiger partial charge in [-0.2, -0.15) is 0 Å². The molecule has 6 nitrogen and oxygen atoms in total. The maximum Gasteiger partial charge on any atom is 0.253 e. The zero-order chi connectivity index (χ0) is 17.1. The molecule has 2 aliphatic heterocycles. The van der Waals surface area contributed by atoms with Crippen LogP contribution in [0.4, 0.5) is 5.69 Å². The van der Waals surface area contributed by atoms with Crippen LogP contribution in [-0.2, 0) is 9.59 Å². The number of amides is 3. The van der Waals surface area contributed by atoms with Crippen molar-refractivity contribution < 1.29 is 14.4 Å². The molecule has 2 aliphatic rings. The number of carbonyl (C=O) groups excluding carboxylic acids is 3. The molecule has 24 heavy (non-hydrogen) atoms. The van der Waals surface area contributed by atoms with E-state index in [0.717, 1.165) is 11.3 Å². The second-order valence-corrected chi connectivity index (χ2v) is 6.95. The standard InChI is InChI=1S/C17H21N3O3S/c1-2-16(22)19-6-3-7-20(9-8-19)17(23)12-4-5-14-13(10-12)18-15(21)11-24-14/h4-5,10H,2-3,6-9,11H2,1H3,(H,18,21). The molecule has 0 aliphatic carbocycles. The van der Waals surface area contributed by atoms with Gasteiger partial charge in [0.25, 0.3) is 5.91 Å². The van der Waals surface area contributed by atoms with Crippen LogP contribution in [0, 0.1) is 0 Å². The van der Waals surface area contributed by atoms with Crippen LogP contribution in [0.5, 0.6) is 0 Å². The first-order chi connectivity index (χ1) is 11.6. The molecule has 128 valence electrons. The van der Waals surface area contributed by atoms with Gasteiger partial charge in [-0.1, -0.05) is 6.92 Å². The largest absolute Gasteiger partial charge is 0.341 e. The van der Waals surface area contributed by atoms with Crippen LogP contribution in [0.2, 0.25) is 0 Å². The summed E-state index contributed by atoms with van der Waals surface area (Å²) < 4.78 is 0. The Morgan fingerprint density at radius 1 is 1.17 bits per heavy atom. The number of carbonyl (C=O) groups is 3. The third kappa shape index (κ3) is 3.56. The molecule has 0 saturated carbocycles. The van der Waals surface area contributed by atoms with E-state index in [9.17, 15) is 14.4 Å². The van der Waals surface area contributed by atoms with Crippen LogP contribution in [0.15, 0.2) is 23.1 Å². The lowest BCUT2D eigenvalue weighted by Crippen LogP contribution is -2.37. The summed E-state index contributed by atoms with van der Waals surface area (Å²) in [5, 5.41) is 2.82. The molecule has 1 N–H and O–H groups in total. The normalized spacial score (nSPS) is 17.8. The lowest BCUT2D eigenvalue weighted by atomic mass is 10.1. The summed E-state index contributed by atoms with van der Waals surface area (Å²) in [5.74, 6) is 0.458. The maximum absolute atomic E-state index is 12.8. The molecule has 7 heteroatoms. The van der Waals surface area contributed by atoms with E-state index < -0.39 is 0 Å². The quantitative estimate of drug-likeness (QED) is 0.886. The van der Waals surface area contributed by atoms with E-state index in [-0.39, 0.29) is 17.7 Å². The molecule has 0 aromatic heterocycles. The van der Waals surface area contributed by atoms with Gasteiger partial charge in [-0.3, -0.25) is 14.4 Å². The van der Waals surface area contributed by atoms with E-state index in [0.29, 0.717) is 49.6 Å². The molecular weight excluding hydrogens is 326 g/mol. The van der Waals surface area contributed by atoms with Crippen molar-refractivity contribution in [3.8, 4) is 0 Å². The van der Waals surface area contributed by atoms with Crippen molar-refractivity contribution in [3.63, 3.8) is 0 Å². The molecule has 0 radical (unpaired) electrons. The molecule has 3 rings (SSSR count). The van der Waals surface area contributed by atoms with Crippen LogP contribution >= 0.6 is 11.8 Å². The summed E-state index contributed by atoms with van der Waals surface area (Å²) in [6, 6.07) is 5.45. The molecule has 0 spiro atoms.